The van der Waals surface area contributed by atoms with Crippen LogP contribution in [0, 0.1) is 6.92 Å². The molecule has 0 saturated carbocycles. The average molecular weight is 601 g/mol. The Kier molecular flexibility index (Phi) is 7.83. The number of sulfonamides is 1. The van der Waals surface area contributed by atoms with Crippen molar-refractivity contribution in [2.24, 2.45) is 5.10 Å². The molecule has 0 spiro atoms. The molecule has 1 amide bonds. The van der Waals surface area contributed by atoms with Crippen LogP contribution in [0.15, 0.2) is 33.8 Å². The second-order valence-electron chi connectivity index (χ2n) is 11.2. The van der Waals surface area contributed by atoms with Crippen LogP contribution in [0.2, 0.25) is 0 Å². The van der Waals surface area contributed by atoms with Gasteiger partial charge in [-0.05, 0) is 51.3 Å². The maximum atomic E-state index is 12.8. The molecular weight excluding hydrogens is 564 g/mol. The van der Waals surface area contributed by atoms with Crippen LogP contribution >= 0.6 is 11.3 Å². The van der Waals surface area contributed by atoms with Gasteiger partial charge in [0, 0.05) is 39.1 Å². The number of imidazole rings is 1. The molecule has 5 heterocycles. The van der Waals surface area contributed by atoms with Gasteiger partial charge >= 0.3 is 6.09 Å². The highest BCUT2D eigenvalue weighted by molar-refractivity contribution is 7.91. The Morgan fingerprint density at radius 2 is 2.07 bits per heavy atom. The number of thiophene rings is 1. The van der Waals surface area contributed by atoms with Gasteiger partial charge in [0.2, 0.25) is 10.0 Å². The summed E-state index contributed by atoms with van der Waals surface area (Å²) in [5, 5.41) is 10.2. The van der Waals surface area contributed by atoms with Gasteiger partial charge in [0.1, 0.15) is 9.81 Å². The number of carbonyl (C=O) groups is 1. The van der Waals surface area contributed by atoms with Crippen LogP contribution in [0.3, 0.4) is 0 Å². The number of amides is 1. The minimum absolute atomic E-state index is 0.0394. The first-order valence-electron chi connectivity index (χ1n) is 13.5. The fourth-order valence-corrected chi connectivity index (χ4v) is 7.52. The van der Waals surface area contributed by atoms with Crippen LogP contribution in [0.4, 0.5) is 15.6 Å². The van der Waals surface area contributed by atoms with Gasteiger partial charge in [-0.3, -0.25) is 9.41 Å². The van der Waals surface area contributed by atoms with Gasteiger partial charge < -0.3 is 15.0 Å². The van der Waals surface area contributed by atoms with E-state index in [1.54, 1.807) is 24.8 Å². The molecule has 2 aliphatic rings. The quantitative estimate of drug-likeness (QED) is 0.413. The van der Waals surface area contributed by atoms with Crippen molar-refractivity contribution in [2.45, 2.75) is 56.8 Å². The second kappa shape index (κ2) is 11.1. The van der Waals surface area contributed by atoms with Gasteiger partial charge in [-0.2, -0.15) is 5.10 Å². The van der Waals surface area contributed by atoms with Gasteiger partial charge in [0.05, 0.1) is 35.0 Å². The van der Waals surface area contributed by atoms with Crippen molar-refractivity contribution in [3.63, 3.8) is 0 Å². The Balaban J connectivity index is 1.54. The SMILES string of the molecule is CCNS(=O)(=O)c1sc(Nc2nc(C3=CCCN(C(=O)OC(C)(C)C)C3)cn3c(C4C=NN(C)C4)cnc23)cc1C. The molecule has 0 radical (unpaired) electrons. The fourth-order valence-electron chi connectivity index (χ4n) is 4.84. The molecular formula is C27H36N8O4S2. The number of anilines is 2. The van der Waals surface area contributed by atoms with E-state index in [1.165, 1.54) is 0 Å². The zero-order valence-corrected chi connectivity index (χ0v) is 25.8. The highest BCUT2D eigenvalue weighted by atomic mass is 32.2. The summed E-state index contributed by atoms with van der Waals surface area (Å²) in [4.78, 5) is 24.2. The third-order valence-corrected chi connectivity index (χ3v) is 9.96. The highest BCUT2D eigenvalue weighted by Gasteiger charge is 2.28. The second-order valence-corrected chi connectivity index (χ2v) is 14.2. The molecule has 1 unspecified atom stereocenters. The molecule has 0 fully saturated rings. The summed E-state index contributed by atoms with van der Waals surface area (Å²) in [5.41, 5.74) is 3.19. The maximum Gasteiger partial charge on any atom is 0.410 e. The van der Waals surface area contributed by atoms with Gasteiger partial charge in [-0.15, -0.1) is 11.3 Å². The van der Waals surface area contributed by atoms with E-state index < -0.39 is 15.6 Å². The molecule has 3 aromatic heterocycles. The van der Waals surface area contributed by atoms with Crippen LogP contribution in [0.5, 0.6) is 0 Å². The number of fused-ring (bicyclic) bond motifs is 1. The van der Waals surface area contributed by atoms with E-state index in [1.807, 2.05) is 55.8 Å². The molecule has 2 N–H and O–H groups in total. The van der Waals surface area contributed by atoms with Crippen LogP contribution in [-0.4, -0.2) is 83.8 Å². The molecule has 220 valence electrons. The highest BCUT2D eigenvalue weighted by Crippen LogP contribution is 2.34. The predicted molar refractivity (Wildman–Crippen MR) is 160 cm³/mol. The molecule has 41 heavy (non-hydrogen) atoms. The minimum Gasteiger partial charge on any atom is -0.444 e. The monoisotopic (exact) mass is 600 g/mol. The Bertz CT molecular complexity index is 1630. The number of aryl methyl sites for hydroxylation is 1. The lowest BCUT2D eigenvalue weighted by molar-refractivity contribution is 0.0273. The minimum atomic E-state index is -3.61. The van der Waals surface area contributed by atoms with Crippen LogP contribution in [0.1, 0.15) is 57.0 Å². The van der Waals surface area contributed by atoms with E-state index in [0.717, 1.165) is 29.1 Å². The largest absolute Gasteiger partial charge is 0.444 e. The van der Waals surface area contributed by atoms with Crippen LogP contribution in [-0.2, 0) is 14.8 Å². The van der Waals surface area contributed by atoms with Crippen molar-refractivity contribution >= 4 is 55.7 Å². The molecule has 1 atom stereocenters. The number of hydrogen-bond donors (Lipinski definition) is 2. The van der Waals surface area contributed by atoms with Gasteiger partial charge in [-0.25, -0.2) is 27.9 Å². The Hall–Kier alpha value is -3.49. The number of carbonyl (C=O) groups excluding carboxylic acids is 1. The summed E-state index contributed by atoms with van der Waals surface area (Å²) in [6.45, 7) is 11.0. The lowest BCUT2D eigenvalue weighted by Crippen LogP contribution is -2.39. The smallest absolute Gasteiger partial charge is 0.410 e. The lowest BCUT2D eigenvalue weighted by atomic mass is 10.1. The summed E-state index contributed by atoms with van der Waals surface area (Å²) in [7, 11) is -1.68. The van der Waals surface area contributed by atoms with Crippen molar-refractivity contribution in [2.75, 3.05) is 38.5 Å². The van der Waals surface area contributed by atoms with Gasteiger partial charge in [-0.1, -0.05) is 13.0 Å². The van der Waals surface area contributed by atoms with Crippen LogP contribution < -0.4 is 10.0 Å². The first-order valence-corrected chi connectivity index (χ1v) is 15.8. The molecule has 0 aromatic carbocycles. The molecule has 5 rings (SSSR count). The molecule has 12 nitrogen and oxygen atoms in total. The number of ether oxygens (including phenoxy) is 1. The van der Waals surface area contributed by atoms with Crippen molar-refractivity contribution in [1.82, 2.24) is 29.0 Å². The van der Waals surface area contributed by atoms with Crippen molar-refractivity contribution in [3.8, 4) is 0 Å². The zero-order valence-electron chi connectivity index (χ0n) is 24.1. The maximum absolute atomic E-state index is 12.8. The zero-order chi connectivity index (χ0) is 29.5. The van der Waals surface area contributed by atoms with Crippen molar-refractivity contribution in [1.29, 1.82) is 0 Å². The summed E-state index contributed by atoms with van der Waals surface area (Å²) in [6, 6.07) is 1.80. The molecule has 0 bridgehead atoms. The first kappa shape index (κ1) is 29.0. The Morgan fingerprint density at radius 1 is 1.29 bits per heavy atom. The third kappa shape index (κ3) is 6.23. The number of nitrogens with zero attached hydrogens (tertiary/aromatic N) is 6. The number of aromatic nitrogens is 3. The average Bonchev–Trinajstić information content (AvgIpc) is 3.61. The molecule has 0 saturated heterocycles. The topological polar surface area (TPSA) is 134 Å². The normalized spacial score (nSPS) is 17.8. The molecule has 14 heteroatoms. The number of likely N-dealkylation sites (N-methyl/N-ethyl adjacent to an activating group) is 1. The molecule has 0 aliphatic carbocycles. The molecule has 3 aromatic rings. The predicted octanol–water partition coefficient (Wildman–Crippen LogP) is 4.18. The summed E-state index contributed by atoms with van der Waals surface area (Å²) in [6.07, 6.45) is 8.08. The van der Waals surface area contributed by atoms with E-state index in [4.69, 9.17) is 9.72 Å². The van der Waals surface area contributed by atoms with E-state index in [9.17, 15) is 13.2 Å². The van der Waals surface area contributed by atoms with Crippen LogP contribution in [0.25, 0.3) is 11.2 Å². The van der Waals surface area contributed by atoms with Crippen molar-refractivity contribution < 1.29 is 17.9 Å². The van der Waals surface area contributed by atoms with E-state index in [-0.39, 0.29) is 16.2 Å². The standard InChI is InChI=1S/C27H36N8O4S2/c1-7-30-41(37,38)25-17(2)11-22(40-25)32-23-24-28-13-21(19-12-29-33(6)14-19)35(24)16-20(31-23)18-9-8-10-34(15-18)26(36)39-27(3,4)5/h9,11-13,16,19,30H,7-8,10,14-15H2,1-6H3,(H,31,32). The van der Waals surface area contributed by atoms with Gasteiger partial charge in [0.25, 0.3) is 0 Å². The first-order chi connectivity index (χ1) is 19.3. The third-order valence-electron chi connectivity index (χ3n) is 6.63. The van der Waals surface area contributed by atoms with Crippen molar-refractivity contribution in [3.05, 3.63) is 41.5 Å². The number of rotatable bonds is 7. The van der Waals surface area contributed by atoms with Gasteiger partial charge in [0.15, 0.2) is 11.5 Å². The van der Waals surface area contributed by atoms with E-state index >= 15 is 0 Å². The Morgan fingerprint density at radius 3 is 2.76 bits per heavy atom. The van der Waals surface area contributed by atoms with E-state index in [0.29, 0.717) is 53.8 Å². The number of hydrazone groups is 1. The summed E-state index contributed by atoms with van der Waals surface area (Å²) < 4.78 is 35.9. The van der Waals surface area contributed by atoms with E-state index in [2.05, 4.69) is 26.2 Å². The Labute approximate surface area is 244 Å². The number of nitrogens with one attached hydrogen (secondary N) is 2. The summed E-state index contributed by atoms with van der Waals surface area (Å²) in [5.74, 6) is 0.526. The fraction of sp³-hybridized carbons (Fsp3) is 0.481. The summed E-state index contributed by atoms with van der Waals surface area (Å²) >= 11 is 1.14. The lowest BCUT2D eigenvalue weighted by Gasteiger charge is -2.30. The molecule has 2 aliphatic heterocycles. The number of hydrogen-bond acceptors (Lipinski definition) is 10.